The minimum atomic E-state index is -1.23. The Bertz CT molecular complexity index is 431. The Hall–Kier alpha value is -1.43. The third-order valence-corrected chi connectivity index (χ3v) is 3.65. The quantitative estimate of drug-likeness (QED) is 0.789. The number of hydrogen-bond donors (Lipinski definition) is 2. The van der Waals surface area contributed by atoms with Crippen LogP contribution in [0.5, 0.6) is 0 Å². The van der Waals surface area contributed by atoms with E-state index in [9.17, 15) is 9.90 Å². The van der Waals surface area contributed by atoms with Crippen LogP contribution in [-0.4, -0.2) is 44.0 Å². The van der Waals surface area contributed by atoms with E-state index in [1.807, 2.05) is 18.2 Å². The smallest absolute Gasteiger partial charge is 0.331 e. The normalized spacial score (nSPS) is 21.6. The van der Waals surface area contributed by atoms with Crippen molar-refractivity contribution in [2.75, 3.05) is 26.9 Å². The number of carboxylic acid groups (broad SMARTS) is 1. The lowest BCUT2D eigenvalue weighted by molar-refractivity contribution is -0.148. The minimum Gasteiger partial charge on any atom is -0.480 e. The van der Waals surface area contributed by atoms with E-state index in [0.29, 0.717) is 12.1 Å². The number of hydrogen-bond acceptors (Lipinski definition) is 4. The molecule has 5 heteroatoms. The first-order valence-electron chi connectivity index (χ1n) is 6.83. The van der Waals surface area contributed by atoms with Crippen molar-refractivity contribution >= 4 is 5.97 Å². The summed E-state index contributed by atoms with van der Waals surface area (Å²) in [7, 11) is 1.51. The van der Waals surface area contributed by atoms with E-state index in [0.717, 1.165) is 19.4 Å². The van der Waals surface area contributed by atoms with Crippen molar-refractivity contribution in [1.29, 1.82) is 0 Å². The lowest BCUT2D eigenvalue weighted by Gasteiger charge is -2.31. The molecule has 2 rings (SSSR count). The van der Waals surface area contributed by atoms with Crippen molar-refractivity contribution < 1.29 is 19.4 Å². The molecule has 0 aliphatic carbocycles. The topological polar surface area (TPSA) is 67.8 Å². The predicted octanol–water partition coefficient (Wildman–Crippen LogP) is 1.38. The van der Waals surface area contributed by atoms with E-state index in [2.05, 4.69) is 5.32 Å². The molecule has 1 aliphatic rings. The van der Waals surface area contributed by atoms with Crippen molar-refractivity contribution in [1.82, 2.24) is 5.32 Å². The number of ether oxygens (including phenoxy) is 2. The molecule has 0 amide bonds. The fourth-order valence-electron chi connectivity index (χ4n) is 2.53. The van der Waals surface area contributed by atoms with Gasteiger partial charge in [0.2, 0.25) is 0 Å². The Morgan fingerprint density at radius 2 is 2.25 bits per heavy atom. The van der Waals surface area contributed by atoms with Gasteiger partial charge < -0.3 is 14.6 Å². The zero-order chi connectivity index (χ0) is 14.4. The molecule has 1 aliphatic heterocycles. The second-order valence-electron chi connectivity index (χ2n) is 5.03. The molecule has 1 aromatic rings. The Kier molecular flexibility index (Phi) is 5.11. The molecule has 2 N–H and O–H groups in total. The third-order valence-electron chi connectivity index (χ3n) is 3.65. The first-order chi connectivity index (χ1) is 9.69. The molecule has 1 heterocycles. The van der Waals surface area contributed by atoms with Crippen LogP contribution in [0.2, 0.25) is 0 Å². The summed E-state index contributed by atoms with van der Waals surface area (Å²) < 4.78 is 10.7. The van der Waals surface area contributed by atoms with Gasteiger partial charge in [0.05, 0.1) is 12.7 Å². The second kappa shape index (κ2) is 6.83. The van der Waals surface area contributed by atoms with E-state index < -0.39 is 11.5 Å². The van der Waals surface area contributed by atoms with Crippen LogP contribution in [0.1, 0.15) is 18.4 Å². The summed E-state index contributed by atoms with van der Waals surface area (Å²) in [6.07, 6.45) is 2.07. The molecule has 110 valence electrons. The van der Waals surface area contributed by atoms with Gasteiger partial charge in [0.1, 0.15) is 0 Å². The molecular formula is C15H21NO4. The maximum Gasteiger partial charge on any atom is 0.331 e. The summed E-state index contributed by atoms with van der Waals surface area (Å²) in [6.45, 7) is 1.33. The maximum atomic E-state index is 11.8. The van der Waals surface area contributed by atoms with Crippen LogP contribution in [0.4, 0.5) is 0 Å². The van der Waals surface area contributed by atoms with Gasteiger partial charge in [-0.25, -0.2) is 4.79 Å². The first-order valence-corrected chi connectivity index (χ1v) is 6.83. The average Bonchev–Trinajstić information content (AvgIpc) is 2.97. The van der Waals surface area contributed by atoms with E-state index in [-0.39, 0.29) is 12.7 Å². The Morgan fingerprint density at radius 1 is 1.50 bits per heavy atom. The largest absolute Gasteiger partial charge is 0.480 e. The Labute approximate surface area is 118 Å². The van der Waals surface area contributed by atoms with Crippen LogP contribution >= 0.6 is 0 Å². The van der Waals surface area contributed by atoms with Crippen molar-refractivity contribution in [2.45, 2.75) is 24.5 Å². The van der Waals surface area contributed by atoms with Gasteiger partial charge in [-0.05, 0) is 18.4 Å². The van der Waals surface area contributed by atoms with Crippen molar-refractivity contribution in [3.05, 3.63) is 35.9 Å². The number of carboxylic acids is 1. The number of benzene rings is 1. The van der Waals surface area contributed by atoms with Crippen LogP contribution in [0.15, 0.2) is 30.3 Å². The maximum absolute atomic E-state index is 11.8. The molecule has 1 fully saturated rings. The standard InChI is InChI=1S/C15H21NO4/c1-19-11-15(14(17)18,12-6-3-2-4-7-12)16-10-13-8-5-9-20-13/h2-4,6-7,13,16H,5,8-11H2,1H3,(H,17,18). The van der Waals surface area contributed by atoms with Crippen molar-refractivity contribution in [3.8, 4) is 0 Å². The molecule has 0 bridgehead atoms. The molecule has 2 unspecified atom stereocenters. The molecule has 0 aromatic heterocycles. The lowest BCUT2D eigenvalue weighted by atomic mass is 9.90. The monoisotopic (exact) mass is 279 g/mol. The highest BCUT2D eigenvalue weighted by molar-refractivity contribution is 5.81. The highest BCUT2D eigenvalue weighted by Crippen LogP contribution is 2.23. The SMILES string of the molecule is COCC(NCC1CCCO1)(C(=O)O)c1ccccc1. The van der Waals surface area contributed by atoms with Gasteiger partial charge in [-0.15, -0.1) is 0 Å². The molecule has 1 saturated heterocycles. The summed E-state index contributed by atoms with van der Waals surface area (Å²) in [6, 6.07) is 9.13. The van der Waals surface area contributed by atoms with Gasteiger partial charge in [-0.2, -0.15) is 0 Å². The van der Waals surface area contributed by atoms with E-state index >= 15 is 0 Å². The number of carbonyl (C=O) groups is 1. The van der Waals surface area contributed by atoms with Crippen LogP contribution in [-0.2, 0) is 19.8 Å². The van der Waals surface area contributed by atoms with Crippen LogP contribution in [0, 0.1) is 0 Å². The van der Waals surface area contributed by atoms with Gasteiger partial charge >= 0.3 is 5.97 Å². The third kappa shape index (κ3) is 3.17. The number of rotatable bonds is 7. The van der Waals surface area contributed by atoms with Crippen molar-refractivity contribution in [2.24, 2.45) is 0 Å². The first kappa shape index (κ1) is 15.0. The van der Waals surface area contributed by atoms with E-state index in [1.54, 1.807) is 12.1 Å². The molecule has 2 atom stereocenters. The lowest BCUT2D eigenvalue weighted by Crippen LogP contribution is -2.54. The van der Waals surface area contributed by atoms with E-state index in [4.69, 9.17) is 9.47 Å². The zero-order valence-corrected chi connectivity index (χ0v) is 11.7. The van der Waals surface area contributed by atoms with Crippen LogP contribution in [0.25, 0.3) is 0 Å². The van der Waals surface area contributed by atoms with Gasteiger partial charge in [0.25, 0.3) is 0 Å². The molecule has 20 heavy (non-hydrogen) atoms. The minimum absolute atomic E-state index is 0.0685. The predicted molar refractivity (Wildman–Crippen MR) is 74.6 cm³/mol. The number of aliphatic carboxylic acids is 1. The fraction of sp³-hybridized carbons (Fsp3) is 0.533. The summed E-state index contributed by atoms with van der Waals surface area (Å²) in [5, 5.41) is 12.8. The summed E-state index contributed by atoms with van der Waals surface area (Å²) in [5.41, 5.74) is -0.547. The number of nitrogens with one attached hydrogen (secondary N) is 1. The molecular weight excluding hydrogens is 258 g/mol. The van der Waals surface area contributed by atoms with Crippen LogP contribution in [0.3, 0.4) is 0 Å². The highest BCUT2D eigenvalue weighted by atomic mass is 16.5. The summed E-state index contributed by atoms with van der Waals surface area (Å²) in [5.74, 6) is -0.941. The second-order valence-corrected chi connectivity index (χ2v) is 5.03. The van der Waals surface area contributed by atoms with Crippen molar-refractivity contribution in [3.63, 3.8) is 0 Å². The zero-order valence-electron chi connectivity index (χ0n) is 11.7. The average molecular weight is 279 g/mol. The molecule has 5 nitrogen and oxygen atoms in total. The van der Waals surface area contributed by atoms with Gasteiger partial charge in [0, 0.05) is 20.3 Å². The van der Waals surface area contributed by atoms with Gasteiger partial charge in [-0.3, -0.25) is 5.32 Å². The number of methoxy groups -OCH3 is 1. The molecule has 0 radical (unpaired) electrons. The fourth-order valence-corrected chi connectivity index (χ4v) is 2.53. The van der Waals surface area contributed by atoms with E-state index in [1.165, 1.54) is 7.11 Å². The summed E-state index contributed by atoms with van der Waals surface area (Å²) >= 11 is 0. The van der Waals surface area contributed by atoms with Gasteiger partial charge in [-0.1, -0.05) is 30.3 Å². The summed E-state index contributed by atoms with van der Waals surface area (Å²) in [4.78, 5) is 11.8. The van der Waals surface area contributed by atoms with Gasteiger partial charge in [0.15, 0.2) is 5.54 Å². The van der Waals surface area contributed by atoms with Crippen LogP contribution < -0.4 is 5.32 Å². The Balaban J connectivity index is 2.19. The molecule has 0 saturated carbocycles. The Morgan fingerprint density at radius 3 is 2.80 bits per heavy atom. The molecule has 0 spiro atoms. The highest BCUT2D eigenvalue weighted by Gasteiger charge is 2.41. The molecule has 1 aromatic carbocycles.